The van der Waals surface area contributed by atoms with Crippen molar-refractivity contribution < 1.29 is 0 Å². The van der Waals surface area contributed by atoms with Crippen molar-refractivity contribution in [2.45, 2.75) is 25.8 Å². The van der Waals surface area contributed by atoms with E-state index in [0.29, 0.717) is 10.0 Å². The fraction of sp³-hybridized carbons (Fsp3) is 0.294. The van der Waals surface area contributed by atoms with Crippen molar-refractivity contribution in [2.24, 2.45) is 0 Å². The molecule has 0 aromatic heterocycles. The Morgan fingerprint density at radius 2 is 1.81 bits per heavy atom. The second-order valence-corrected chi connectivity index (χ2v) is 6.83. The van der Waals surface area contributed by atoms with E-state index in [1.54, 1.807) is 6.07 Å². The largest absolute Gasteiger partial charge is 0.310 e. The Bertz CT molecular complexity index is 581. The molecular weight excluding hydrogens is 369 g/mol. The Balaban J connectivity index is 2.25. The summed E-state index contributed by atoms with van der Waals surface area (Å²) in [6.07, 6.45) is 1.99. The molecule has 0 aliphatic heterocycles. The monoisotopic (exact) mass is 385 g/mol. The minimum Gasteiger partial charge on any atom is -0.310 e. The lowest BCUT2D eigenvalue weighted by Gasteiger charge is -2.20. The molecule has 0 aliphatic carbocycles. The van der Waals surface area contributed by atoms with Crippen molar-refractivity contribution in [3.05, 3.63) is 68.1 Å². The molecule has 2 aromatic rings. The summed E-state index contributed by atoms with van der Waals surface area (Å²) in [6, 6.07) is 14.3. The van der Waals surface area contributed by atoms with Crippen LogP contribution in [-0.2, 0) is 6.42 Å². The fourth-order valence-electron chi connectivity index (χ4n) is 2.30. The number of hydrogen-bond donors (Lipinski definition) is 1. The van der Waals surface area contributed by atoms with Crippen molar-refractivity contribution >= 4 is 39.1 Å². The maximum absolute atomic E-state index is 6.14. The Morgan fingerprint density at radius 1 is 1.10 bits per heavy atom. The lowest BCUT2D eigenvalue weighted by Crippen LogP contribution is -2.24. The fourth-order valence-corrected chi connectivity index (χ4v) is 3.29. The molecule has 4 heteroatoms. The van der Waals surface area contributed by atoms with Gasteiger partial charge in [-0.05, 0) is 60.8 Å². The van der Waals surface area contributed by atoms with Gasteiger partial charge in [-0.2, -0.15) is 0 Å². The van der Waals surface area contributed by atoms with Gasteiger partial charge in [0.2, 0.25) is 0 Å². The van der Waals surface area contributed by atoms with Crippen LogP contribution in [0, 0.1) is 0 Å². The highest BCUT2D eigenvalue weighted by Crippen LogP contribution is 2.26. The van der Waals surface area contributed by atoms with Gasteiger partial charge >= 0.3 is 0 Å². The van der Waals surface area contributed by atoms with Crippen LogP contribution < -0.4 is 5.32 Å². The Morgan fingerprint density at radius 3 is 2.43 bits per heavy atom. The van der Waals surface area contributed by atoms with Gasteiger partial charge in [-0.1, -0.05) is 58.2 Å². The van der Waals surface area contributed by atoms with E-state index in [9.17, 15) is 0 Å². The molecule has 0 saturated carbocycles. The molecule has 1 atom stereocenters. The molecule has 0 spiro atoms. The van der Waals surface area contributed by atoms with Crippen LogP contribution in [-0.4, -0.2) is 6.54 Å². The number of halogens is 3. The summed E-state index contributed by atoms with van der Waals surface area (Å²) in [7, 11) is 0. The van der Waals surface area contributed by atoms with Gasteiger partial charge in [0.25, 0.3) is 0 Å². The summed E-state index contributed by atoms with van der Waals surface area (Å²) in [5.41, 5.74) is 2.40. The zero-order valence-electron chi connectivity index (χ0n) is 11.9. The van der Waals surface area contributed by atoms with E-state index in [4.69, 9.17) is 23.2 Å². The van der Waals surface area contributed by atoms with Crippen LogP contribution in [0.2, 0.25) is 10.0 Å². The third-order valence-electron chi connectivity index (χ3n) is 3.26. The topological polar surface area (TPSA) is 12.0 Å². The van der Waals surface area contributed by atoms with Gasteiger partial charge in [0.1, 0.15) is 0 Å². The molecule has 0 radical (unpaired) electrons. The molecule has 2 aromatic carbocycles. The maximum atomic E-state index is 6.14. The average Bonchev–Trinajstić information content (AvgIpc) is 2.42. The first-order valence-electron chi connectivity index (χ1n) is 7.02. The van der Waals surface area contributed by atoms with Gasteiger partial charge in [0.15, 0.2) is 0 Å². The Labute approximate surface area is 144 Å². The molecule has 1 N–H and O–H groups in total. The highest BCUT2D eigenvalue weighted by atomic mass is 79.9. The van der Waals surface area contributed by atoms with E-state index in [2.05, 4.69) is 46.4 Å². The van der Waals surface area contributed by atoms with E-state index in [-0.39, 0.29) is 6.04 Å². The van der Waals surface area contributed by atoms with Crippen LogP contribution in [0.3, 0.4) is 0 Å². The average molecular weight is 387 g/mol. The Kier molecular flexibility index (Phi) is 6.56. The molecule has 0 saturated heterocycles. The number of nitrogens with one attached hydrogen (secondary N) is 1. The number of benzene rings is 2. The second kappa shape index (κ2) is 8.19. The van der Waals surface area contributed by atoms with Gasteiger partial charge in [0.05, 0.1) is 0 Å². The van der Waals surface area contributed by atoms with Gasteiger partial charge in [-0.25, -0.2) is 0 Å². The normalized spacial score (nSPS) is 12.4. The van der Waals surface area contributed by atoms with Crippen molar-refractivity contribution in [1.29, 1.82) is 0 Å². The van der Waals surface area contributed by atoms with Gasteiger partial charge in [-0.15, -0.1) is 0 Å². The minimum absolute atomic E-state index is 0.204. The third-order valence-corrected chi connectivity index (χ3v) is 4.19. The lowest BCUT2D eigenvalue weighted by atomic mass is 9.98. The van der Waals surface area contributed by atoms with Crippen LogP contribution in [0.1, 0.15) is 30.5 Å². The molecule has 0 fully saturated rings. The molecule has 0 amide bonds. The third kappa shape index (κ3) is 5.30. The van der Waals surface area contributed by atoms with E-state index in [1.807, 2.05) is 18.2 Å². The highest BCUT2D eigenvalue weighted by Gasteiger charge is 2.13. The van der Waals surface area contributed by atoms with Crippen molar-refractivity contribution in [2.75, 3.05) is 6.54 Å². The van der Waals surface area contributed by atoms with Crippen LogP contribution in [0.25, 0.3) is 0 Å². The second-order valence-electron chi connectivity index (χ2n) is 5.04. The minimum atomic E-state index is 0.204. The van der Waals surface area contributed by atoms with Crippen LogP contribution in [0.4, 0.5) is 0 Å². The van der Waals surface area contributed by atoms with Crippen molar-refractivity contribution in [3.63, 3.8) is 0 Å². The SMILES string of the molecule is CCCNC(Cc1cccc(Br)c1)c1cc(Cl)cc(Cl)c1. The predicted molar refractivity (Wildman–Crippen MR) is 95.3 cm³/mol. The summed E-state index contributed by atoms with van der Waals surface area (Å²) >= 11 is 15.8. The van der Waals surface area contributed by atoms with Gasteiger partial charge in [-0.3, -0.25) is 0 Å². The van der Waals surface area contributed by atoms with Crippen molar-refractivity contribution in [1.82, 2.24) is 5.32 Å². The number of hydrogen-bond acceptors (Lipinski definition) is 1. The van der Waals surface area contributed by atoms with Crippen LogP contribution in [0.5, 0.6) is 0 Å². The summed E-state index contributed by atoms with van der Waals surface area (Å²) in [5.74, 6) is 0. The number of rotatable bonds is 6. The smallest absolute Gasteiger partial charge is 0.0424 e. The maximum Gasteiger partial charge on any atom is 0.0424 e. The molecule has 0 aliphatic rings. The molecule has 1 unspecified atom stereocenters. The van der Waals surface area contributed by atoms with E-state index in [0.717, 1.165) is 29.4 Å². The molecule has 0 heterocycles. The molecule has 112 valence electrons. The summed E-state index contributed by atoms with van der Waals surface area (Å²) < 4.78 is 1.10. The first-order chi connectivity index (χ1) is 10.1. The van der Waals surface area contributed by atoms with Crippen LogP contribution >= 0.6 is 39.1 Å². The van der Waals surface area contributed by atoms with E-state index >= 15 is 0 Å². The molecule has 21 heavy (non-hydrogen) atoms. The first kappa shape index (κ1) is 16.8. The molecule has 1 nitrogen and oxygen atoms in total. The van der Waals surface area contributed by atoms with E-state index < -0.39 is 0 Å². The summed E-state index contributed by atoms with van der Waals surface area (Å²) in [4.78, 5) is 0. The molecular formula is C17H18BrCl2N. The molecule has 2 rings (SSSR count). The van der Waals surface area contributed by atoms with Gasteiger partial charge in [0, 0.05) is 20.6 Å². The van der Waals surface area contributed by atoms with E-state index in [1.165, 1.54) is 5.56 Å². The summed E-state index contributed by atoms with van der Waals surface area (Å²) in [6.45, 7) is 3.12. The van der Waals surface area contributed by atoms with Crippen LogP contribution in [0.15, 0.2) is 46.9 Å². The van der Waals surface area contributed by atoms with Gasteiger partial charge < -0.3 is 5.32 Å². The predicted octanol–water partition coefficient (Wildman–Crippen LogP) is 6.04. The highest BCUT2D eigenvalue weighted by molar-refractivity contribution is 9.10. The zero-order valence-corrected chi connectivity index (χ0v) is 15.0. The standard InChI is InChI=1S/C17H18BrCl2N/c1-2-6-21-17(8-12-4-3-5-14(18)7-12)13-9-15(19)11-16(20)10-13/h3-5,7,9-11,17,21H,2,6,8H2,1H3. The quantitative estimate of drug-likeness (QED) is 0.638. The van der Waals surface area contributed by atoms with Crippen molar-refractivity contribution in [3.8, 4) is 0 Å². The molecule has 0 bridgehead atoms. The zero-order chi connectivity index (χ0) is 15.2. The Hall–Kier alpha value is -0.540. The lowest BCUT2D eigenvalue weighted by molar-refractivity contribution is 0.529. The summed E-state index contributed by atoms with van der Waals surface area (Å²) in [5, 5.41) is 4.93. The first-order valence-corrected chi connectivity index (χ1v) is 8.57.